The summed E-state index contributed by atoms with van der Waals surface area (Å²) in [5.74, 6) is -2.04. The van der Waals surface area contributed by atoms with E-state index >= 15 is 0 Å². The second-order valence-corrected chi connectivity index (χ2v) is 1.67. The maximum Gasteiger partial charge on any atom is 0.297 e. The molecule has 5 nitrogen and oxygen atoms in total. The quantitative estimate of drug-likeness (QED) is 0.390. The first-order valence-corrected chi connectivity index (χ1v) is 2.85. The minimum atomic E-state index is -1.02. The van der Waals surface area contributed by atoms with Gasteiger partial charge >= 0.3 is 0 Å². The molecule has 58 valence electrons. The highest BCUT2D eigenvalue weighted by molar-refractivity contribution is 6.47. The zero-order valence-electron chi connectivity index (χ0n) is 5.69. The van der Waals surface area contributed by atoms with Gasteiger partial charge in [0.1, 0.15) is 0 Å². The maximum absolute atomic E-state index is 9.85. The Hall–Kier alpha value is -0.970. The van der Waals surface area contributed by atoms with Crippen molar-refractivity contribution < 1.29 is 24.4 Å². The van der Waals surface area contributed by atoms with Gasteiger partial charge < -0.3 is 14.8 Å². The van der Waals surface area contributed by atoms with Gasteiger partial charge in [-0.15, -0.1) is 0 Å². The third-order valence-electron chi connectivity index (χ3n) is 0.708. The number of carbonyl (C=O) groups is 2. The highest BCUT2D eigenvalue weighted by Crippen LogP contribution is 1.83. The minimum Gasteiger partial charge on any atom is -0.505 e. The van der Waals surface area contributed by atoms with E-state index in [0.717, 1.165) is 15.0 Å². The molecular weight excluding hydrogens is 150 g/mol. The van der Waals surface area contributed by atoms with E-state index in [9.17, 15) is 9.59 Å². The van der Waals surface area contributed by atoms with Gasteiger partial charge in [-0.2, -0.15) is 0 Å². The molecule has 11 heavy (non-hydrogen) atoms. The number of carboxylic acids is 2. The van der Waals surface area contributed by atoms with Crippen LogP contribution in [-0.2, 0) is 14.2 Å². The van der Waals surface area contributed by atoms with Crippen molar-refractivity contribution in [2.24, 2.45) is 0 Å². The van der Waals surface area contributed by atoms with E-state index in [1.807, 2.05) is 0 Å². The first-order valence-electron chi connectivity index (χ1n) is 2.85. The van der Waals surface area contributed by atoms with Gasteiger partial charge in [0.25, 0.3) is 26.9 Å². The van der Waals surface area contributed by atoms with E-state index in [2.05, 4.69) is 4.57 Å². The fourth-order valence-electron chi connectivity index (χ4n) is 0.307. The summed E-state index contributed by atoms with van der Waals surface area (Å²) in [7, 11) is 2.04. The molecule has 0 fully saturated rings. The lowest BCUT2D eigenvalue weighted by Crippen LogP contribution is -2.11. The molecular formula is C4H6B2O5. The molecule has 0 aliphatic heterocycles. The van der Waals surface area contributed by atoms with Crippen molar-refractivity contribution >= 4 is 26.9 Å². The third kappa shape index (κ3) is 9.03. The Balaban J connectivity index is 3.03. The summed E-state index contributed by atoms with van der Waals surface area (Å²) in [6, 6.07) is 0. The highest BCUT2D eigenvalue weighted by Gasteiger charge is 2.02. The number of carboxylic acid groups (broad SMARTS) is 2. The van der Waals surface area contributed by atoms with E-state index in [1.165, 1.54) is 0 Å². The molecule has 0 aromatic rings. The molecule has 0 amide bonds. The molecule has 7 heteroatoms. The van der Waals surface area contributed by atoms with Gasteiger partial charge in [-0.3, -0.25) is 9.59 Å². The molecule has 2 N–H and O–H groups in total. The molecule has 0 aliphatic carbocycles. The van der Waals surface area contributed by atoms with Gasteiger partial charge in [-0.25, -0.2) is 0 Å². The van der Waals surface area contributed by atoms with Crippen LogP contribution in [0.25, 0.3) is 0 Å². The van der Waals surface area contributed by atoms with Crippen molar-refractivity contribution in [3.05, 3.63) is 0 Å². The smallest absolute Gasteiger partial charge is 0.297 e. The lowest BCUT2D eigenvalue weighted by molar-refractivity contribution is -0.135. The van der Waals surface area contributed by atoms with Crippen LogP contribution in [0.4, 0.5) is 0 Å². The van der Waals surface area contributed by atoms with Gasteiger partial charge in [-0.05, 0) is 0 Å². The fraction of sp³-hybridized carbons (Fsp3) is 0.500. The molecule has 0 unspecified atom stereocenters. The molecule has 0 spiro atoms. The summed E-state index contributed by atoms with van der Waals surface area (Å²) in [6.45, 7) is 0. The first kappa shape index (κ1) is 10.0. The van der Waals surface area contributed by atoms with Crippen LogP contribution < -0.4 is 0 Å². The van der Waals surface area contributed by atoms with Crippen molar-refractivity contribution in [2.75, 3.05) is 0 Å². The minimum absolute atomic E-state index is 0.240. The lowest BCUT2D eigenvalue weighted by Gasteiger charge is -1.94. The Kier molecular flexibility index (Phi) is 5.28. The average molecular weight is 156 g/mol. The standard InChI is InChI=1S/C4H6B2O5/c7-3(8)1-5-11-6-2-4(9)10/h1-2H2,(H,7,8)(H,9,10). The topological polar surface area (TPSA) is 83.8 Å². The van der Waals surface area contributed by atoms with E-state index in [0.29, 0.717) is 0 Å². The molecule has 0 heterocycles. The van der Waals surface area contributed by atoms with Crippen LogP contribution in [0.2, 0.25) is 12.6 Å². The second kappa shape index (κ2) is 5.79. The van der Waals surface area contributed by atoms with E-state index in [1.54, 1.807) is 0 Å². The van der Waals surface area contributed by atoms with Crippen LogP contribution in [-0.4, -0.2) is 37.1 Å². The summed E-state index contributed by atoms with van der Waals surface area (Å²) < 4.78 is 4.44. The fourth-order valence-corrected chi connectivity index (χ4v) is 0.307. The van der Waals surface area contributed by atoms with Crippen LogP contribution in [0.1, 0.15) is 0 Å². The molecule has 0 bridgehead atoms. The van der Waals surface area contributed by atoms with Crippen molar-refractivity contribution in [2.45, 2.75) is 12.6 Å². The molecule has 2 radical (unpaired) electrons. The van der Waals surface area contributed by atoms with Crippen molar-refractivity contribution in [1.82, 2.24) is 0 Å². The van der Waals surface area contributed by atoms with Gasteiger partial charge in [0, 0.05) is 12.6 Å². The Morgan fingerprint density at radius 2 is 1.45 bits per heavy atom. The number of rotatable bonds is 6. The molecule has 0 saturated carbocycles. The summed E-state index contributed by atoms with van der Waals surface area (Å²) in [5.41, 5.74) is 0. The molecule has 0 saturated heterocycles. The van der Waals surface area contributed by atoms with E-state index in [4.69, 9.17) is 10.2 Å². The highest BCUT2D eigenvalue weighted by atomic mass is 16.4. The zero-order valence-corrected chi connectivity index (χ0v) is 5.69. The second-order valence-electron chi connectivity index (χ2n) is 1.67. The van der Waals surface area contributed by atoms with Crippen LogP contribution in [0.5, 0.6) is 0 Å². The lowest BCUT2D eigenvalue weighted by atomic mass is 9.87. The Morgan fingerprint density at radius 3 is 1.73 bits per heavy atom. The van der Waals surface area contributed by atoms with E-state index < -0.39 is 11.9 Å². The molecule has 0 aliphatic rings. The van der Waals surface area contributed by atoms with Crippen LogP contribution in [0.15, 0.2) is 0 Å². The van der Waals surface area contributed by atoms with Crippen molar-refractivity contribution in [1.29, 1.82) is 0 Å². The summed E-state index contributed by atoms with van der Waals surface area (Å²) in [6.07, 6.45) is -0.480. The molecule has 0 atom stereocenters. The normalized spacial score (nSPS) is 8.73. The summed E-state index contributed by atoms with van der Waals surface area (Å²) in [4.78, 5) is 19.7. The van der Waals surface area contributed by atoms with Crippen molar-refractivity contribution in [3.63, 3.8) is 0 Å². The first-order chi connectivity index (χ1) is 5.13. The van der Waals surface area contributed by atoms with Gasteiger partial charge in [0.15, 0.2) is 0 Å². The van der Waals surface area contributed by atoms with Gasteiger partial charge in [0.05, 0.1) is 0 Å². The molecule has 0 aromatic carbocycles. The van der Waals surface area contributed by atoms with E-state index in [-0.39, 0.29) is 12.6 Å². The molecule has 0 aromatic heterocycles. The predicted molar refractivity (Wildman–Crippen MR) is 37.5 cm³/mol. The average Bonchev–Trinajstić information content (AvgIpc) is 1.85. The van der Waals surface area contributed by atoms with Crippen LogP contribution >= 0.6 is 0 Å². The Bertz CT molecular complexity index is 131. The number of hydrogen-bond acceptors (Lipinski definition) is 3. The number of aliphatic carboxylic acids is 2. The van der Waals surface area contributed by atoms with Crippen LogP contribution in [0.3, 0.4) is 0 Å². The SMILES string of the molecule is O=C(O)C[B]O[B]CC(=O)O. The molecule has 0 rings (SSSR count). The Labute approximate surface area is 64.9 Å². The van der Waals surface area contributed by atoms with Crippen molar-refractivity contribution in [3.8, 4) is 0 Å². The maximum atomic E-state index is 9.85. The van der Waals surface area contributed by atoms with Gasteiger partial charge in [0.2, 0.25) is 0 Å². The van der Waals surface area contributed by atoms with Gasteiger partial charge in [-0.1, -0.05) is 0 Å². The predicted octanol–water partition coefficient (Wildman–Crippen LogP) is -0.753. The summed E-state index contributed by atoms with van der Waals surface area (Å²) in [5, 5.41) is 16.2. The number of hydrogen-bond donors (Lipinski definition) is 2. The Morgan fingerprint density at radius 1 is 1.09 bits per heavy atom. The monoisotopic (exact) mass is 156 g/mol. The van der Waals surface area contributed by atoms with Crippen LogP contribution in [0, 0.1) is 0 Å². The zero-order chi connectivity index (χ0) is 8.69. The summed E-state index contributed by atoms with van der Waals surface area (Å²) >= 11 is 0. The largest absolute Gasteiger partial charge is 0.505 e. The third-order valence-corrected chi connectivity index (χ3v) is 0.708.